The summed E-state index contributed by atoms with van der Waals surface area (Å²) >= 11 is 0. The van der Waals surface area contributed by atoms with E-state index in [0.717, 1.165) is 6.54 Å². The minimum Gasteiger partial charge on any atom is -0.323 e. The highest BCUT2D eigenvalue weighted by molar-refractivity contribution is 5.79. The van der Waals surface area contributed by atoms with Crippen LogP contribution >= 0.6 is 0 Å². The Morgan fingerprint density at radius 3 is 2.56 bits per heavy atom. The van der Waals surface area contributed by atoms with Crippen LogP contribution in [0.2, 0.25) is 0 Å². The third-order valence-electron chi connectivity index (χ3n) is 4.40. The van der Waals surface area contributed by atoms with Gasteiger partial charge in [0.05, 0.1) is 6.04 Å². The summed E-state index contributed by atoms with van der Waals surface area (Å²) < 4.78 is 0. The zero-order valence-corrected chi connectivity index (χ0v) is 11.5. The second-order valence-corrected chi connectivity index (χ2v) is 5.76. The lowest BCUT2D eigenvalue weighted by molar-refractivity contribution is -0.117. The number of ketones is 1. The molecule has 2 aliphatic rings. The van der Waals surface area contributed by atoms with Crippen LogP contribution in [0.4, 0.5) is 4.79 Å². The molecular weight excluding hydrogens is 228 g/mol. The van der Waals surface area contributed by atoms with Gasteiger partial charge in [0, 0.05) is 26.6 Å². The first-order valence-corrected chi connectivity index (χ1v) is 7.10. The SMILES string of the molecule is CC(=O)CCN1CC(C2CCCCC2)N(C)C1=O. The van der Waals surface area contributed by atoms with Gasteiger partial charge in [-0.15, -0.1) is 0 Å². The van der Waals surface area contributed by atoms with Crippen molar-refractivity contribution in [1.29, 1.82) is 0 Å². The minimum atomic E-state index is 0.104. The molecule has 0 bridgehead atoms. The summed E-state index contributed by atoms with van der Waals surface area (Å²) in [6, 6.07) is 0.469. The highest BCUT2D eigenvalue weighted by Gasteiger charge is 2.39. The number of likely N-dealkylation sites (N-methyl/N-ethyl adjacent to an activating group) is 1. The molecule has 1 atom stereocenters. The normalized spacial score (nSPS) is 25.9. The maximum atomic E-state index is 12.1. The molecule has 102 valence electrons. The fraction of sp³-hybridized carbons (Fsp3) is 0.857. The Bertz CT molecular complexity index is 324. The average Bonchev–Trinajstić information content (AvgIpc) is 2.65. The predicted octanol–water partition coefficient (Wildman–Crippen LogP) is 2.28. The highest BCUT2D eigenvalue weighted by Crippen LogP contribution is 2.32. The van der Waals surface area contributed by atoms with Gasteiger partial charge in [0.2, 0.25) is 0 Å². The zero-order chi connectivity index (χ0) is 13.1. The van der Waals surface area contributed by atoms with Crippen molar-refractivity contribution in [3.8, 4) is 0 Å². The monoisotopic (exact) mass is 252 g/mol. The number of hydrogen-bond acceptors (Lipinski definition) is 2. The zero-order valence-electron chi connectivity index (χ0n) is 11.5. The van der Waals surface area contributed by atoms with E-state index in [1.807, 2.05) is 16.8 Å². The first-order chi connectivity index (χ1) is 8.59. The third kappa shape index (κ3) is 2.85. The maximum absolute atomic E-state index is 12.1. The molecule has 18 heavy (non-hydrogen) atoms. The fourth-order valence-electron chi connectivity index (χ4n) is 3.25. The number of Topliss-reactive ketones (excluding diaryl/α,β-unsaturated/α-hetero) is 1. The largest absolute Gasteiger partial charge is 0.323 e. The lowest BCUT2D eigenvalue weighted by Gasteiger charge is -2.30. The molecule has 0 spiro atoms. The number of carbonyl (C=O) groups is 2. The smallest absolute Gasteiger partial charge is 0.320 e. The van der Waals surface area contributed by atoms with Crippen LogP contribution in [-0.4, -0.2) is 47.8 Å². The molecule has 1 aliphatic heterocycles. The van der Waals surface area contributed by atoms with E-state index < -0.39 is 0 Å². The third-order valence-corrected chi connectivity index (χ3v) is 4.40. The van der Waals surface area contributed by atoms with Crippen molar-refractivity contribution in [2.24, 2.45) is 5.92 Å². The molecule has 1 unspecified atom stereocenters. The van der Waals surface area contributed by atoms with Crippen molar-refractivity contribution in [3.63, 3.8) is 0 Å². The summed E-state index contributed by atoms with van der Waals surface area (Å²) in [5.74, 6) is 0.821. The van der Waals surface area contributed by atoms with Gasteiger partial charge in [0.1, 0.15) is 5.78 Å². The van der Waals surface area contributed by atoms with Gasteiger partial charge in [0.25, 0.3) is 0 Å². The second-order valence-electron chi connectivity index (χ2n) is 5.76. The van der Waals surface area contributed by atoms with Crippen LogP contribution in [-0.2, 0) is 4.79 Å². The average molecular weight is 252 g/mol. The molecule has 1 saturated heterocycles. The Morgan fingerprint density at radius 2 is 1.94 bits per heavy atom. The molecule has 2 fully saturated rings. The minimum absolute atomic E-state index is 0.104. The summed E-state index contributed by atoms with van der Waals surface area (Å²) in [5, 5.41) is 0. The first kappa shape index (κ1) is 13.4. The van der Waals surface area contributed by atoms with Gasteiger partial charge in [0.15, 0.2) is 0 Å². The lowest BCUT2D eigenvalue weighted by Crippen LogP contribution is -2.37. The molecule has 2 amide bonds. The summed E-state index contributed by atoms with van der Waals surface area (Å²) in [6.07, 6.45) is 6.94. The standard InChI is InChI=1S/C14H24N2O2/c1-11(17)8-9-16-10-13(15(2)14(16)18)12-6-4-3-5-7-12/h12-13H,3-10H2,1-2H3. The number of urea groups is 1. The number of hydrogen-bond donors (Lipinski definition) is 0. The second kappa shape index (κ2) is 5.72. The Hall–Kier alpha value is -1.06. The van der Waals surface area contributed by atoms with Crippen molar-refractivity contribution >= 4 is 11.8 Å². The van der Waals surface area contributed by atoms with E-state index in [2.05, 4.69) is 0 Å². The number of carbonyl (C=O) groups excluding carboxylic acids is 2. The van der Waals surface area contributed by atoms with Gasteiger partial charge in [-0.3, -0.25) is 4.79 Å². The van der Waals surface area contributed by atoms with Crippen LogP contribution in [0.5, 0.6) is 0 Å². The highest BCUT2D eigenvalue weighted by atomic mass is 16.2. The Kier molecular flexibility index (Phi) is 4.25. The van der Waals surface area contributed by atoms with Crippen molar-refractivity contribution in [3.05, 3.63) is 0 Å². The van der Waals surface area contributed by atoms with Gasteiger partial charge in [-0.1, -0.05) is 19.3 Å². The molecule has 1 saturated carbocycles. The van der Waals surface area contributed by atoms with Crippen LogP contribution < -0.4 is 0 Å². The van der Waals surface area contributed by atoms with Crippen LogP contribution in [0.25, 0.3) is 0 Å². The Morgan fingerprint density at radius 1 is 1.28 bits per heavy atom. The molecule has 0 N–H and O–H groups in total. The molecule has 0 aromatic carbocycles. The molecule has 2 rings (SSSR count). The van der Waals surface area contributed by atoms with E-state index in [0.29, 0.717) is 24.9 Å². The van der Waals surface area contributed by atoms with Gasteiger partial charge < -0.3 is 9.80 Å². The summed E-state index contributed by atoms with van der Waals surface area (Å²) in [5.41, 5.74) is 0. The topological polar surface area (TPSA) is 40.6 Å². The molecule has 4 heteroatoms. The predicted molar refractivity (Wildman–Crippen MR) is 70.4 cm³/mol. The molecular formula is C14H24N2O2. The summed E-state index contributed by atoms with van der Waals surface area (Å²) in [4.78, 5) is 26.9. The van der Waals surface area contributed by atoms with E-state index in [4.69, 9.17) is 0 Å². The van der Waals surface area contributed by atoms with Crippen LogP contribution in [0, 0.1) is 5.92 Å². The van der Waals surface area contributed by atoms with E-state index in [1.165, 1.54) is 32.1 Å². The van der Waals surface area contributed by atoms with Gasteiger partial charge >= 0.3 is 6.03 Å². The number of nitrogens with zero attached hydrogens (tertiary/aromatic N) is 2. The van der Waals surface area contributed by atoms with E-state index >= 15 is 0 Å². The summed E-state index contributed by atoms with van der Waals surface area (Å²) in [7, 11) is 1.91. The van der Waals surface area contributed by atoms with E-state index in [-0.39, 0.29) is 11.8 Å². The molecule has 0 radical (unpaired) electrons. The Balaban J connectivity index is 1.93. The van der Waals surface area contributed by atoms with E-state index in [9.17, 15) is 9.59 Å². The first-order valence-electron chi connectivity index (χ1n) is 7.10. The molecule has 4 nitrogen and oxygen atoms in total. The molecule has 0 aromatic rings. The Labute approximate surface area is 109 Å². The van der Waals surface area contributed by atoms with Gasteiger partial charge in [-0.2, -0.15) is 0 Å². The van der Waals surface area contributed by atoms with Crippen molar-refractivity contribution in [1.82, 2.24) is 9.80 Å². The van der Waals surface area contributed by atoms with Crippen molar-refractivity contribution in [2.45, 2.75) is 51.5 Å². The number of amides is 2. The van der Waals surface area contributed by atoms with E-state index in [1.54, 1.807) is 6.92 Å². The molecule has 0 aromatic heterocycles. The molecule has 1 aliphatic carbocycles. The summed E-state index contributed by atoms with van der Waals surface area (Å²) in [6.45, 7) is 2.98. The van der Waals surface area contributed by atoms with Gasteiger partial charge in [-0.25, -0.2) is 4.79 Å². The molecule has 1 heterocycles. The quantitative estimate of drug-likeness (QED) is 0.770. The van der Waals surface area contributed by atoms with Crippen molar-refractivity contribution in [2.75, 3.05) is 20.1 Å². The number of rotatable bonds is 4. The van der Waals surface area contributed by atoms with Crippen LogP contribution in [0.3, 0.4) is 0 Å². The van der Waals surface area contributed by atoms with Crippen LogP contribution in [0.1, 0.15) is 45.4 Å². The van der Waals surface area contributed by atoms with Crippen molar-refractivity contribution < 1.29 is 9.59 Å². The lowest BCUT2D eigenvalue weighted by atomic mass is 9.84. The maximum Gasteiger partial charge on any atom is 0.320 e. The van der Waals surface area contributed by atoms with Gasteiger partial charge in [-0.05, 0) is 25.7 Å². The fourth-order valence-corrected chi connectivity index (χ4v) is 3.25. The van der Waals surface area contributed by atoms with Crippen LogP contribution in [0.15, 0.2) is 0 Å².